The van der Waals surface area contributed by atoms with Crippen LogP contribution in [0.2, 0.25) is 0 Å². The van der Waals surface area contributed by atoms with Gasteiger partial charge in [-0.15, -0.1) is 5.10 Å². The molecule has 5 N–H and O–H groups in total. The Balaban J connectivity index is 2.22. The van der Waals surface area contributed by atoms with E-state index in [1.54, 1.807) is 18.2 Å². The lowest BCUT2D eigenvalue weighted by molar-refractivity contribution is -0.143. The summed E-state index contributed by atoms with van der Waals surface area (Å²) in [6.07, 6.45) is 1.09. The number of hydrogen-bond donors (Lipinski definition) is 3. The monoisotopic (exact) mass is 361 g/mol. The van der Waals surface area contributed by atoms with Gasteiger partial charge in [-0.05, 0) is 30.5 Å². The molecule has 1 atom stereocenters. The first-order valence-corrected chi connectivity index (χ1v) is 8.27. The number of esters is 1. The molecule has 2 rings (SSSR count). The molecule has 2 amide bonds. The zero-order valence-electron chi connectivity index (χ0n) is 14.8. The molecule has 0 radical (unpaired) electrons. The molecule has 1 aliphatic heterocycles. The largest absolute Gasteiger partial charge is 0.469 e. The molecule has 26 heavy (non-hydrogen) atoms. The number of carbonyl (C=O) groups is 3. The summed E-state index contributed by atoms with van der Waals surface area (Å²) in [6, 6.07) is 5.00. The van der Waals surface area contributed by atoms with Crippen LogP contribution in [0.4, 0.5) is 5.69 Å². The molecule has 0 spiro atoms. The Hall–Kier alpha value is -3.10. The lowest BCUT2D eigenvalue weighted by Gasteiger charge is -2.25. The van der Waals surface area contributed by atoms with Crippen molar-refractivity contribution in [2.45, 2.75) is 26.2 Å². The van der Waals surface area contributed by atoms with Crippen LogP contribution in [0.3, 0.4) is 0 Å². The molecular weight excluding hydrogens is 338 g/mol. The van der Waals surface area contributed by atoms with Gasteiger partial charge in [-0.25, -0.2) is 5.01 Å². The average Bonchev–Trinajstić information content (AvgIpc) is 2.60. The third-order valence-electron chi connectivity index (χ3n) is 4.00. The summed E-state index contributed by atoms with van der Waals surface area (Å²) < 4.78 is 4.62. The van der Waals surface area contributed by atoms with Crippen molar-refractivity contribution in [3.05, 3.63) is 29.3 Å². The Morgan fingerprint density at radius 3 is 2.73 bits per heavy atom. The SMILES string of the molecule is CCCN(N=C(N)N)C(=O)c1ccc2c(c1)NC(=O)C(CC(=O)OC)C2. The third-order valence-corrected chi connectivity index (χ3v) is 4.00. The Morgan fingerprint density at radius 1 is 1.38 bits per heavy atom. The molecule has 0 bridgehead atoms. The summed E-state index contributed by atoms with van der Waals surface area (Å²) in [7, 11) is 1.29. The van der Waals surface area contributed by atoms with Crippen molar-refractivity contribution in [1.82, 2.24) is 5.01 Å². The highest BCUT2D eigenvalue weighted by atomic mass is 16.5. The van der Waals surface area contributed by atoms with Crippen molar-refractivity contribution in [2.24, 2.45) is 22.5 Å². The Bertz CT molecular complexity index is 743. The second-order valence-electron chi connectivity index (χ2n) is 6.00. The Labute approximate surface area is 151 Å². The molecule has 1 heterocycles. The van der Waals surface area contributed by atoms with Crippen LogP contribution < -0.4 is 16.8 Å². The van der Waals surface area contributed by atoms with Gasteiger partial charge in [0.1, 0.15) is 0 Å². The van der Waals surface area contributed by atoms with Crippen molar-refractivity contribution in [1.29, 1.82) is 0 Å². The zero-order chi connectivity index (χ0) is 19.3. The first kappa shape index (κ1) is 19.2. The van der Waals surface area contributed by atoms with Crippen molar-refractivity contribution < 1.29 is 19.1 Å². The van der Waals surface area contributed by atoms with Crippen LogP contribution in [0.5, 0.6) is 0 Å². The van der Waals surface area contributed by atoms with Gasteiger partial charge in [-0.1, -0.05) is 13.0 Å². The quantitative estimate of drug-likeness (QED) is 0.290. The number of nitrogens with two attached hydrogens (primary N) is 2. The summed E-state index contributed by atoms with van der Waals surface area (Å²) in [5, 5.41) is 7.78. The number of amides is 2. The van der Waals surface area contributed by atoms with Crippen LogP contribution in [0.25, 0.3) is 0 Å². The predicted molar refractivity (Wildman–Crippen MR) is 96.0 cm³/mol. The number of methoxy groups -OCH3 is 1. The van der Waals surface area contributed by atoms with Crippen molar-refractivity contribution >= 4 is 29.4 Å². The van der Waals surface area contributed by atoms with Crippen LogP contribution in [0, 0.1) is 5.92 Å². The fraction of sp³-hybridized carbons (Fsp3) is 0.412. The van der Waals surface area contributed by atoms with Crippen LogP contribution >= 0.6 is 0 Å². The van der Waals surface area contributed by atoms with E-state index in [0.29, 0.717) is 30.6 Å². The van der Waals surface area contributed by atoms with E-state index in [9.17, 15) is 14.4 Å². The molecule has 9 nitrogen and oxygen atoms in total. The lowest BCUT2D eigenvalue weighted by Crippen LogP contribution is -2.34. The molecule has 1 unspecified atom stereocenters. The minimum atomic E-state index is -0.491. The molecule has 0 saturated carbocycles. The molecular formula is C17H23N5O4. The van der Waals surface area contributed by atoms with Gasteiger partial charge in [0.2, 0.25) is 11.9 Å². The normalized spacial score (nSPS) is 15.5. The number of hydrazone groups is 1. The number of rotatable bonds is 6. The molecule has 1 aromatic rings. The first-order valence-electron chi connectivity index (χ1n) is 8.27. The highest BCUT2D eigenvalue weighted by Crippen LogP contribution is 2.29. The number of anilines is 1. The van der Waals surface area contributed by atoms with E-state index >= 15 is 0 Å². The number of nitrogens with zero attached hydrogens (tertiary/aromatic N) is 2. The van der Waals surface area contributed by atoms with E-state index < -0.39 is 11.9 Å². The number of carbonyl (C=O) groups excluding carboxylic acids is 3. The van der Waals surface area contributed by atoms with Gasteiger partial charge in [0.25, 0.3) is 5.91 Å². The number of guanidine groups is 1. The van der Waals surface area contributed by atoms with Gasteiger partial charge in [0.15, 0.2) is 0 Å². The van der Waals surface area contributed by atoms with E-state index in [-0.39, 0.29) is 24.2 Å². The van der Waals surface area contributed by atoms with Gasteiger partial charge in [-0.3, -0.25) is 14.4 Å². The summed E-state index contributed by atoms with van der Waals surface area (Å²) in [4.78, 5) is 36.2. The Kier molecular flexibility index (Phi) is 6.16. The summed E-state index contributed by atoms with van der Waals surface area (Å²) in [6.45, 7) is 2.26. The van der Waals surface area contributed by atoms with Crippen LogP contribution in [0.1, 0.15) is 35.7 Å². The summed E-state index contributed by atoms with van der Waals surface area (Å²) in [5.41, 5.74) is 12.5. The van der Waals surface area contributed by atoms with Crippen molar-refractivity contribution in [3.63, 3.8) is 0 Å². The third kappa shape index (κ3) is 4.50. The fourth-order valence-electron chi connectivity index (χ4n) is 2.74. The topological polar surface area (TPSA) is 140 Å². The minimum absolute atomic E-state index is 0.0111. The first-order chi connectivity index (χ1) is 12.3. The molecule has 9 heteroatoms. The maximum absolute atomic E-state index is 12.6. The van der Waals surface area contributed by atoms with Gasteiger partial charge >= 0.3 is 5.97 Å². The predicted octanol–water partition coefficient (Wildman–Crippen LogP) is 0.401. The highest BCUT2D eigenvalue weighted by molar-refractivity contribution is 6.00. The van der Waals surface area contributed by atoms with Crippen LogP contribution in [0.15, 0.2) is 23.3 Å². The lowest BCUT2D eigenvalue weighted by atomic mass is 9.90. The molecule has 0 fully saturated rings. The van der Waals surface area contributed by atoms with Crippen molar-refractivity contribution in [2.75, 3.05) is 19.0 Å². The smallest absolute Gasteiger partial charge is 0.306 e. The van der Waals surface area contributed by atoms with Gasteiger partial charge in [-0.2, -0.15) is 0 Å². The van der Waals surface area contributed by atoms with Crippen molar-refractivity contribution in [3.8, 4) is 0 Å². The standard InChI is InChI=1S/C17H23N5O4/c1-3-6-22(21-17(18)19)16(25)11-5-4-10-7-12(9-14(23)26-2)15(24)20-13(10)8-11/h4-5,8,12H,3,6-7,9H2,1-2H3,(H,20,24)(H4,18,19,21). The van der Waals surface area contributed by atoms with E-state index in [2.05, 4.69) is 15.2 Å². The number of ether oxygens (including phenoxy) is 1. The molecule has 0 saturated heterocycles. The van der Waals surface area contributed by atoms with Gasteiger partial charge < -0.3 is 21.5 Å². The zero-order valence-corrected chi connectivity index (χ0v) is 14.8. The number of fused-ring (bicyclic) bond motifs is 1. The minimum Gasteiger partial charge on any atom is -0.469 e. The number of benzene rings is 1. The second-order valence-corrected chi connectivity index (χ2v) is 6.00. The van der Waals surface area contributed by atoms with Crippen LogP contribution in [-0.2, 0) is 20.7 Å². The molecule has 0 aromatic heterocycles. The average molecular weight is 361 g/mol. The van der Waals surface area contributed by atoms with Gasteiger partial charge in [0, 0.05) is 17.8 Å². The summed E-state index contributed by atoms with van der Waals surface area (Å²) >= 11 is 0. The molecule has 0 aliphatic carbocycles. The number of hydrogen-bond acceptors (Lipinski definition) is 5. The van der Waals surface area contributed by atoms with Gasteiger partial charge in [0.05, 0.1) is 19.4 Å². The van der Waals surface area contributed by atoms with E-state index in [4.69, 9.17) is 11.5 Å². The molecule has 1 aliphatic rings. The summed E-state index contributed by atoms with van der Waals surface area (Å²) in [5.74, 6) is -1.78. The van der Waals surface area contributed by atoms with E-state index in [1.165, 1.54) is 12.1 Å². The highest BCUT2D eigenvalue weighted by Gasteiger charge is 2.29. The van der Waals surface area contributed by atoms with Crippen LogP contribution in [-0.4, -0.2) is 42.4 Å². The molecule has 140 valence electrons. The van der Waals surface area contributed by atoms with E-state index in [1.807, 2.05) is 6.92 Å². The maximum Gasteiger partial charge on any atom is 0.306 e. The fourth-order valence-corrected chi connectivity index (χ4v) is 2.74. The maximum atomic E-state index is 12.6. The second kappa shape index (κ2) is 8.32. The molecule has 1 aromatic carbocycles. The van der Waals surface area contributed by atoms with E-state index in [0.717, 1.165) is 5.56 Å². The number of nitrogens with one attached hydrogen (secondary N) is 1. The Morgan fingerprint density at radius 2 is 2.12 bits per heavy atom.